The molecule has 0 aliphatic carbocycles. The lowest BCUT2D eigenvalue weighted by Gasteiger charge is -2.03. The molecule has 3 rings (SSSR count). The van der Waals surface area contributed by atoms with Crippen molar-refractivity contribution < 1.29 is 4.74 Å². The van der Waals surface area contributed by atoms with E-state index in [1.807, 2.05) is 18.3 Å². The fraction of sp³-hybridized carbons (Fsp3) is 0.462. The fourth-order valence-electron chi connectivity index (χ4n) is 2.28. The van der Waals surface area contributed by atoms with Gasteiger partial charge in [0, 0.05) is 6.20 Å². The van der Waals surface area contributed by atoms with E-state index >= 15 is 0 Å². The Bertz CT molecular complexity index is 517. The third-order valence-electron chi connectivity index (χ3n) is 3.23. The number of ether oxygens (including phenoxy) is 1. The molecule has 3 heterocycles. The summed E-state index contributed by atoms with van der Waals surface area (Å²) >= 11 is 2.06. The minimum absolute atomic E-state index is 0.812. The molecular weight excluding hydrogens is 232 g/mol. The van der Waals surface area contributed by atoms with Gasteiger partial charge in [0.1, 0.15) is 11.4 Å². The molecule has 1 unspecified atom stereocenters. The molecule has 1 atom stereocenters. The van der Waals surface area contributed by atoms with E-state index in [2.05, 4.69) is 27.3 Å². The van der Waals surface area contributed by atoms with Crippen LogP contribution in [0.2, 0.25) is 0 Å². The molecule has 1 fully saturated rings. The third-order valence-corrected chi connectivity index (χ3v) is 4.46. The molecule has 0 N–H and O–H groups in total. The molecule has 0 aromatic carbocycles. The van der Waals surface area contributed by atoms with Gasteiger partial charge in [0.2, 0.25) is 0 Å². The number of methoxy groups -OCH3 is 1. The first-order chi connectivity index (χ1) is 8.35. The highest BCUT2D eigenvalue weighted by Crippen LogP contribution is 2.26. The van der Waals surface area contributed by atoms with E-state index in [0.717, 1.165) is 23.7 Å². The zero-order valence-corrected chi connectivity index (χ0v) is 10.7. The van der Waals surface area contributed by atoms with Gasteiger partial charge >= 0.3 is 0 Å². The Morgan fingerprint density at radius 1 is 1.47 bits per heavy atom. The second-order valence-electron chi connectivity index (χ2n) is 4.50. The van der Waals surface area contributed by atoms with E-state index in [1.54, 1.807) is 7.11 Å². The fourth-order valence-corrected chi connectivity index (χ4v) is 3.57. The van der Waals surface area contributed by atoms with Gasteiger partial charge in [0.15, 0.2) is 0 Å². The number of aromatic nitrogens is 2. The van der Waals surface area contributed by atoms with E-state index in [-0.39, 0.29) is 0 Å². The van der Waals surface area contributed by atoms with Gasteiger partial charge in [-0.2, -0.15) is 11.8 Å². The minimum atomic E-state index is 0.812. The summed E-state index contributed by atoms with van der Waals surface area (Å²) in [5, 5.41) is 0. The Kier molecular flexibility index (Phi) is 2.97. The van der Waals surface area contributed by atoms with E-state index in [1.165, 1.54) is 23.6 Å². The van der Waals surface area contributed by atoms with Crippen molar-refractivity contribution in [3.8, 4) is 5.75 Å². The number of imidazole rings is 1. The topological polar surface area (TPSA) is 26.5 Å². The molecule has 0 bridgehead atoms. The minimum Gasteiger partial charge on any atom is -0.495 e. The summed E-state index contributed by atoms with van der Waals surface area (Å²) in [5.74, 6) is 4.29. The Hall–Kier alpha value is -1.16. The van der Waals surface area contributed by atoms with Gasteiger partial charge in [0.05, 0.1) is 19.0 Å². The predicted octanol–water partition coefficient (Wildman–Crippen LogP) is 2.64. The summed E-state index contributed by atoms with van der Waals surface area (Å²) in [6.45, 7) is 0. The Morgan fingerprint density at radius 2 is 2.41 bits per heavy atom. The van der Waals surface area contributed by atoms with Crippen LogP contribution in [-0.2, 0) is 6.42 Å². The molecule has 1 saturated heterocycles. The first-order valence-electron chi connectivity index (χ1n) is 5.94. The van der Waals surface area contributed by atoms with Crippen molar-refractivity contribution in [2.45, 2.75) is 12.8 Å². The molecule has 1 aliphatic heterocycles. The highest BCUT2D eigenvalue weighted by molar-refractivity contribution is 7.99. The standard InChI is InChI=1S/C13H16N2OS/c1-16-12-2-3-13-14-11(7-15(13)8-12)6-10-4-5-17-9-10/h2-3,7-8,10H,4-6,9H2,1H3. The summed E-state index contributed by atoms with van der Waals surface area (Å²) < 4.78 is 7.26. The zero-order chi connectivity index (χ0) is 11.7. The maximum absolute atomic E-state index is 5.21. The van der Waals surface area contributed by atoms with Crippen LogP contribution < -0.4 is 4.74 Å². The van der Waals surface area contributed by atoms with Crippen molar-refractivity contribution in [3.63, 3.8) is 0 Å². The molecule has 17 heavy (non-hydrogen) atoms. The molecule has 4 heteroatoms. The van der Waals surface area contributed by atoms with Crippen molar-refractivity contribution in [1.29, 1.82) is 0 Å². The molecule has 0 amide bonds. The van der Waals surface area contributed by atoms with Crippen LogP contribution in [0.25, 0.3) is 5.65 Å². The van der Waals surface area contributed by atoms with Gasteiger partial charge in [-0.25, -0.2) is 4.98 Å². The molecule has 0 radical (unpaired) electrons. The van der Waals surface area contributed by atoms with Crippen molar-refractivity contribution >= 4 is 17.4 Å². The molecule has 3 nitrogen and oxygen atoms in total. The van der Waals surface area contributed by atoms with Gasteiger partial charge in [-0.05, 0) is 42.4 Å². The maximum atomic E-state index is 5.21. The van der Waals surface area contributed by atoms with Crippen molar-refractivity contribution in [3.05, 3.63) is 30.2 Å². The van der Waals surface area contributed by atoms with Crippen LogP contribution >= 0.6 is 11.8 Å². The molecular formula is C13H16N2OS. The lowest BCUT2D eigenvalue weighted by atomic mass is 10.0. The van der Waals surface area contributed by atoms with Crippen LogP contribution in [0.4, 0.5) is 0 Å². The van der Waals surface area contributed by atoms with E-state index < -0.39 is 0 Å². The van der Waals surface area contributed by atoms with Crippen LogP contribution in [0.5, 0.6) is 5.75 Å². The molecule has 0 saturated carbocycles. The van der Waals surface area contributed by atoms with Crippen molar-refractivity contribution in [2.24, 2.45) is 5.92 Å². The van der Waals surface area contributed by atoms with Crippen LogP contribution in [0, 0.1) is 5.92 Å². The average Bonchev–Trinajstić information content (AvgIpc) is 2.96. The highest BCUT2D eigenvalue weighted by atomic mass is 32.2. The number of hydrogen-bond donors (Lipinski definition) is 0. The number of nitrogens with zero attached hydrogens (tertiary/aromatic N) is 2. The van der Waals surface area contributed by atoms with Gasteiger partial charge in [-0.15, -0.1) is 0 Å². The summed E-state index contributed by atoms with van der Waals surface area (Å²) in [6, 6.07) is 3.96. The molecule has 2 aromatic heterocycles. The Balaban J connectivity index is 1.85. The number of pyridine rings is 1. The quantitative estimate of drug-likeness (QED) is 0.835. The number of fused-ring (bicyclic) bond motifs is 1. The second-order valence-corrected chi connectivity index (χ2v) is 5.65. The maximum Gasteiger partial charge on any atom is 0.137 e. The zero-order valence-electron chi connectivity index (χ0n) is 9.93. The first kappa shape index (κ1) is 11.0. The normalized spacial score (nSPS) is 19.9. The van der Waals surface area contributed by atoms with Crippen LogP contribution in [0.1, 0.15) is 12.1 Å². The molecule has 2 aromatic rings. The van der Waals surface area contributed by atoms with Gasteiger partial charge in [-0.1, -0.05) is 0 Å². The van der Waals surface area contributed by atoms with E-state index in [0.29, 0.717) is 0 Å². The van der Waals surface area contributed by atoms with Gasteiger partial charge in [0.25, 0.3) is 0 Å². The van der Waals surface area contributed by atoms with Crippen molar-refractivity contribution in [2.75, 3.05) is 18.6 Å². The van der Waals surface area contributed by atoms with Crippen LogP contribution in [0.3, 0.4) is 0 Å². The van der Waals surface area contributed by atoms with Crippen molar-refractivity contribution in [1.82, 2.24) is 9.38 Å². The summed E-state index contributed by atoms with van der Waals surface area (Å²) in [7, 11) is 1.69. The smallest absolute Gasteiger partial charge is 0.137 e. The number of hydrogen-bond acceptors (Lipinski definition) is 3. The molecule has 1 aliphatic rings. The summed E-state index contributed by atoms with van der Waals surface area (Å²) in [5.41, 5.74) is 2.21. The molecule has 0 spiro atoms. The lowest BCUT2D eigenvalue weighted by molar-refractivity contribution is 0.412. The number of thioether (sulfide) groups is 1. The van der Waals surface area contributed by atoms with Gasteiger partial charge < -0.3 is 9.14 Å². The Labute approximate surface area is 105 Å². The largest absolute Gasteiger partial charge is 0.495 e. The van der Waals surface area contributed by atoms with Crippen LogP contribution in [-0.4, -0.2) is 28.0 Å². The monoisotopic (exact) mass is 248 g/mol. The number of rotatable bonds is 3. The highest BCUT2D eigenvalue weighted by Gasteiger charge is 2.17. The summed E-state index contributed by atoms with van der Waals surface area (Å²) in [4.78, 5) is 4.65. The first-order valence-corrected chi connectivity index (χ1v) is 7.10. The lowest BCUT2D eigenvalue weighted by Crippen LogP contribution is -2.02. The predicted molar refractivity (Wildman–Crippen MR) is 70.9 cm³/mol. The second kappa shape index (κ2) is 4.61. The van der Waals surface area contributed by atoms with Gasteiger partial charge in [-0.3, -0.25) is 0 Å². The SMILES string of the molecule is COc1ccc2nc(CC3CCSC3)cn2c1. The van der Waals surface area contributed by atoms with Crippen LogP contribution in [0.15, 0.2) is 24.5 Å². The molecule has 90 valence electrons. The average molecular weight is 248 g/mol. The van der Waals surface area contributed by atoms with E-state index in [9.17, 15) is 0 Å². The van der Waals surface area contributed by atoms with E-state index in [4.69, 9.17) is 4.74 Å². The Morgan fingerprint density at radius 3 is 3.18 bits per heavy atom. The third kappa shape index (κ3) is 2.27. The summed E-state index contributed by atoms with van der Waals surface area (Å²) in [6.07, 6.45) is 6.55.